The standard InChI is InChI=1S/C13H15BrN4/c1-2-18(10-11-3-5-15-6-4-11)13-16-8-12(7-14)9-17-13/h3-6,8-9H,2,7,10H2,1H3. The summed E-state index contributed by atoms with van der Waals surface area (Å²) in [6.07, 6.45) is 7.31. The lowest BCUT2D eigenvalue weighted by molar-refractivity contribution is 0.788. The van der Waals surface area contributed by atoms with Crippen molar-refractivity contribution in [3.63, 3.8) is 0 Å². The Morgan fingerprint density at radius 3 is 2.33 bits per heavy atom. The summed E-state index contributed by atoms with van der Waals surface area (Å²) in [6.45, 7) is 3.77. The van der Waals surface area contributed by atoms with Gasteiger partial charge >= 0.3 is 0 Å². The first-order valence-electron chi connectivity index (χ1n) is 5.84. The molecule has 0 atom stereocenters. The van der Waals surface area contributed by atoms with Gasteiger partial charge < -0.3 is 4.90 Å². The van der Waals surface area contributed by atoms with E-state index in [9.17, 15) is 0 Å². The molecule has 0 saturated carbocycles. The number of hydrogen-bond acceptors (Lipinski definition) is 4. The number of nitrogens with zero attached hydrogens (tertiary/aromatic N) is 4. The van der Waals surface area contributed by atoms with E-state index in [1.54, 1.807) is 12.4 Å². The second kappa shape index (κ2) is 6.44. The van der Waals surface area contributed by atoms with Gasteiger partial charge in [-0.2, -0.15) is 0 Å². The first-order valence-corrected chi connectivity index (χ1v) is 6.96. The van der Waals surface area contributed by atoms with Crippen LogP contribution in [0.4, 0.5) is 5.95 Å². The van der Waals surface area contributed by atoms with Crippen molar-refractivity contribution in [2.24, 2.45) is 0 Å². The SMILES string of the molecule is CCN(Cc1ccncc1)c1ncc(CBr)cn1. The number of aromatic nitrogens is 3. The molecular formula is C13H15BrN4. The van der Waals surface area contributed by atoms with Gasteiger partial charge in [0, 0.05) is 43.2 Å². The maximum atomic E-state index is 4.39. The van der Waals surface area contributed by atoms with E-state index in [2.05, 4.69) is 42.7 Å². The van der Waals surface area contributed by atoms with Crippen molar-refractivity contribution in [2.75, 3.05) is 11.4 Å². The largest absolute Gasteiger partial charge is 0.337 e. The molecule has 0 N–H and O–H groups in total. The number of rotatable bonds is 5. The van der Waals surface area contributed by atoms with Crippen LogP contribution in [0.3, 0.4) is 0 Å². The van der Waals surface area contributed by atoms with E-state index in [0.29, 0.717) is 0 Å². The fraction of sp³-hybridized carbons (Fsp3) is 0.308. The van der Waals surface area contributed by atoms with Crippen LogP contribution in [0.15, 0.2) is 36.9 Å². The Balaban J connectivity index is 2.12. The summed E-state index contributed by atoms with van der Waals surface area (Å²) in [7, 11) is 0. The van der Waals surface area contributed by atoms with Crippen LogP contribution < -0.4 is 4.90 Å². The number of anilines is 1. The minimum Gasteiger partial charge on any atom is -0.337 e. The van der Waals surface area contributed by atoms with E-state index < -0.39 is 0 Å². The van der Waals surface area contributed by atoms with E-state index in [1.807, 2.05) is 24.5 Å². The summed E-state index contributed by atoms with van der Waals surface area (Å²) >= 11 is 3.39. The van der Waals surface area contributed by atoms with Crippen LogP contribution in [0.1, 0.15) is 18.1 Å². The average molecular weight is 307 g/mol. The minimum atomic E-state index is 0.763. The lowest BCUT2D eigenvalue weighted by Crippen LogP contribution is -2.24. The first kappa shape index (κ1) is 13.0. The summed E-state index contributed by atoms with van der Waals surface area (Å²) in [6, 6.07) is 4.02. The number of pyridine rings is 1. The van der Waals surface area contributed by atoms with Crippen LogP contribution in [-0.4, -0.2) is 21.5 Å². The van der Waals surface area contributed by atoms with Gasteiger partial charge in [0.15, 0.2) is 0 Å². The van der Waals surface area contributed by atoms with Gasteiger partial charge in [-0.15, -0.1) is 0 Å². The molecule has 0 amide bonds. The Kier molecular flexibility index (Phi) is 4.64. The molecular weight excluding hydrogens is 292 g/mol. The van der Waals surface area contributed by atoms with Gasteiger partial charge in [0.2, 0.25) is 5.95 Å². The van der Waals surface area contributed by atoms with Crippen molar-refractivity contribution in [3.8, 4) is 0 Å². The topological polar surface area (TPSA) is 41.9 Å². The van der Waals surface area contributed by atoms with Crippen LogP contribution in [0.2, 0.25) is 0 Å². The number of hydrogen-bond donors (Lipinski definition) is 0. The Morgan fingerprint density at radius 2 is 1.78 bits per heavy atom. The van der Waals surface area contributed by atoms with Crippen LogP contribution in [0.5, 0.6) is 0 Å². The van der Waals surface area contributed by atoms with Crippen molar-refractivity contribution in [3.05, 3.63) is 48.0 Å². The first-order chi connectivity index (χ1) is 8.83. The molecule has 0 saturated heterocycles. The lowest BCUT2D eigenvalue weighted by Gasteiger charge is -2.20. The molecule has 2 aromatic rings. The number of alkyl halides is 1. The molecule has 0 bridgehead atoms. The van der Waals surface area contributed by atoms with Gasteiger partial charge in [0.05, 0.1) is 0 Å². The average Bonchev–Trinajstić information content (AvgIpc) is 2.46. The van der Waals surface area contributed by atoms with Crippen LogP contribution in [0, 0.1) is 0 Å². The fourth-order valence-electron chi connectivity index (χ4n) is 1.61. The van der Waals surface area contributed by atoms with Gasteiger partial charge in [0.1, 0.15) is 0 Å². The molecule has 2 heterocycles. The Morgan fingerprint density at radius 1 is 1.11 bits per heavy atom. The molecule has 0 aliphatic rings. The van der Waals surface area contributed by atoms with Gasteiger partial charge in [-0.25, -0.2) is 9.97 Å². The van der Waals surface area contributed by atoms with E-state index in [1.165, 1.54) is 5.56 Å². The van der Waals surface area contributed by atoms with Crippen molar-refractivity contribution < 1.29 is 0 Å². The normalized spacial score (nSPS) is 10.3. The highest BCUT2D eigenvalue weighted by atomic mass is 79.9. The zero-order valence-corrected chi connectivity index (χ0v) is 11.8. The quantitative estimate of drug-likeness (QED) is 0.797. The predicted octanol–water partition coefficient (Wildman–Crippen LogP) is 2.79. The smallest absolute Gasteiger partial charge is 0.225 e. The molecule has 2 rings (SSSR count). The van der Waals surface area contributed by atoms with E-state index in [0.717, 1.165) is 29.9 Å². The molecule has 0 aromatic carbocycles. The highest BCUT2D eigenvalue weighted by Gasteiger charge is 2.07. The Hall–Kier alpha value is -1.49. The molecule has 0 fully saturated rings. The predicted molar refractivity (Wildman–Crippen MR) is 75.6 cm³/mol. The van der Waals surface area contributed by atoms with Crippen molar-refractivity contribution in [2.45, 2.75) is 18.8 Å². The highest BCUT2D eigenvalue weighted by molar-refractivity contribution is 9.08. The second-order valence-corrected chi connectivity index (χ2v) is 4.46. The van der Waals surface area contributed by atoms with Crippen LogP contribution in [0.25, 0.3) is 0 Å². The zero-order valence-electron chi connectivity index (χ0n) is 10.3. The third kappa shape index (κ3) is 3.26. The summed E-state index contributed by atoms with van der Waals surface area (Å²) in [5.74, 6) is 0.763. The summed E-state index contributed by atoms with van der Waals surface area (Å²) in [5.41, 5.74) is 2.29. The fourth-order valence-corrected chi connectivity index (χ4v) is 1.90. The van der Waals surface area contributed by atoms with E-state index >= 15 is 0 Å². The summed E-state index contributed by atoms with van der Waals surface area (Å²) in [5, 5.41) is 0.782. The monoisotopic (exact) mass is 306 g/mol. The maximum absolute atomic E-state index is 4.39. The molecule has 0 radical (unpaired) electrons. The van der Waals surface area contributed by atoms with Crippen molar-refractivity contribution in [1.82, 2.24) is 15.0 Å². The Labute approximate surface area is 115 Å². The molecule has 94 valence electrons. The van der Waals surface area contributed by atoms with Gasteiger partial charge in [-0.05, 0) is 30.2 Å². The minimum absolute atomic E-state index is 0.763. The maximum Gasteiger partial charge on any atom is 0.225 e. The second-order valence-electron chi connectivity index (χ2n) is 3.89. The Bertz CT molecular complexity index is 472. The zero-order chi connectivity index (χ0) is 12.8. The molecule has 0 aliphatic carbocycles. The van der Waals surface area contributed by atoms with Crippen LogP contribution >= 0.6 is 15.9 Å². The molecule has 2 aromatic heterocycles. The van der Waals surface area contributed by atoms with E-state index in [-0.39, 0.29) is 0 Å². The molecule has 0 unspecified atom stereocenters. The van der Waals surface area contributed by atoms with E-state index in [4.69, 9.17) is 0 Å². The number of halogens is 1. The summed E-state index contributed by atoms with van der Waals surface area (Å²) in [4.78, 5) is 14.9. The molecule has 0 spiro atoms. The molecule has 0 aliphatic heterocycles. The molecule has 5 heteroatoms. The molecule has 4 nitrogen and oxygen atoms in total. The molecule has 18 heavy (non-hydrogen) atoms. The van der Waals surface area contributed by atoms with Gasteiger partial charge in [0.25, 0.3) is 0 Å². The van der Waals surface area contributed by atoms with Crippen molar-refractivity contribution in [1.29, 1.82) is 0 Å². The van der Waals surface area contributed by atoms with Crippen molar-refractivity contribution >= 4 is 21.9 Å². The van der Waals surface area contributed by atoms with Crippen LogP contribution in [-0.2, 0) is 11.9 Å². The van der Waals surface area contributed by atoms with Gasteiger partial charge in [-0.1, -0.05) is 15.9 Å². The lowest BCUT2D eigenvalue weighted by atomic mass is 10.2. The summed E-state index contributed by atoms with van der Waals surface area (Å²) < 4.78 is 0. The van der Waals surface area contributed by atoms with Gasteiger partial charge in [-0.3, -0.25) is 4.98 Å². The third-order valence-corrected chi connectivity index (χ3v) is 3.28. The third-order valence-electron chi connectivity index (χ3n) is 2.63. The highest BCUT2D eigenvalue weighted by Crippen LogP contribution is 2.12.